The van der Waals surface area contributed by atoms with Gasteiger partial charge in [-0.15, -0.1) is 21.5 Å². The van der Waals surface area contributed by atoms with E-state index in [-0.39, 0.29) is 11.7 Å². The van der Waals surface area contributed by atoms with Crippen LogP contribution in [0.25, 0.3) is 22.6 Å². The van der Waals surface area contributed by atoms with Crippen LogP contribution >= 0.6 is 23.1 Å². The molecule has 0 aliphatic rings. The van der Waals surface area contributed by atoms with Crippen molar-refractivity contribution in [2.75, 3.05) is 11.1 Å². The van der Waals surface area contributed by atoms with E-state index in [1.54, 1.807) is 0 Å². The monoisotopic (exact) mass is 435 g/mol. The average molecular weight is 436 g/mol. The second-order valence-corrected chi connectivity index (χ2v) is 8.41. The van der Waals surface area contributed by atoms with Crippen LogP contribution in [-0.2, 0) is 11.3 Å². The molecule has 0 saturated carbocycles. The molecule has 0 spiro atoms. The minimum Gasteiger partial charge on any atom is -0.302 e. The maximum Gasteiger partial charge on any atom is 0.236 e. The molecule has 30 heavy (non-hydrogen) atoms. The number of aromatic nitrogens is 4. The van der Waals surface area contributed by atoms with Crippen molar-refractivity contribution < 1.29 is 4.79 Å². The summed E-state index contributed by atoms with van der Waals surface area (Å²) in [6.07, 6.45) is 0. The summed E-state index contributed by atoms with van der Waals surface area (Å²) in [7, 11) is 0. The number of thioether (sulfide) groups is 1. The van der Waals surface area contributed by atoms with Crippen molar-refractivity contribution in [3.8, 4) is 22.6 Å². The fraction of sp³-hybridized carbons (Fsp3) is 0.182. The van der Waals surface area contributed by atoms with Gasteiger partial charge in [-0.25, -0.2) is 4.98 Å². The molecule has 2 aromatic heterocycles. The standard InChI is InChI=1S/C22H21N5OS2/c1-3-27-20(17-12-8-7-9-15(17)2)25-26-22(27)30-14-19(28)24-21-23-18(13-29-21)16-10-5-4-6-11-16/h4-13H,3,14H2,1-2H3,(H,23,24,28). The van der Waals surface area contributed by atoms with Crippen LogP contribution in [-0.4, -0.2) is 31.4 Å². The summed E-state index contributed by atoms with van der Waals surface area (Å²) in [5.41, 5.74) is 4.09. The van der Waals surface area contributed by atoms with Gasteiger partial charge < -0.3 is 9.88 Å². The van der Waals surface area contributed by atoms with Crippen molar-refractivity contribution in [1.29, 1.82) is 0 Å². The van der Waals surface area contributed by atoms with Crippen LogP contribution in [0.4, 0.5) is 5.13 Å². The molecule has 0 bridgehead atoms. The van der Waals surface area contributed by atoms with Crippen LogP contribution in [0.1, 0.15) is 12.5 Å². The Labute approximate surface area is 183 Å². The van der Waals surface area contributed by atoms with Crippen molar-refractivity contribution in [3.05, 3.63) is 65.5 Å². The maximum absolute atomic E-state index is 12.4. The first-order valence-electron chi connectivity index (χ1n) is 9.58. The van der Waals surface area contributed by atoms with E-state index in [1.807, 2.05) is 58.5 Å². The molecule has 2 heterocycles. The van der Waals surface area contributed by atoms with Crippen molar-refractivity contribution in [1.82, 2.24) is 19.7 Å². The van der Waals surface area contributed by atoms with Crippen LogP contribution in [0.15, 0.2) is 65.1 Å². The van der Waals surface area contributed by atoms with Crippen molar-refractivity contribution >= 4 is 34.1 Å². The minimum atomic E-state index is -0.114. The lowest BCUT2D eigenvalue weighted by atomic mass is 10.1. The van der Waals surface area contributed by atoms with Gasteiger partial charge in [-0.05, 0) is 19.4 Å². The number of benzene rings is 2. The van der Waals surface area contributed by atoms with Crippen molar-refractivity contribution in [3.63, 3.8) is 0 Å². The van der Waals surface area contributed by atoms with E-state index in [0.29, 0.717) is 5.13 Å². The Morgan fingerprint density at radius 1 is 1.10 bits per heavy atom. The molecule has 0 aliphatic carbocycles. The Bertz CT molecular complexity index is 1150. The topological polar surface area (TPSA) is 72.7 Å². The number of thiazole rings is 1. The molecular weight excluding hydrogens is 414 g/mol. The van der Waals surface area contributed by atoms with Crippen LogP contribution in [0, 0.1) is 6.92 Å². The quantitative estimate of drug-likeness (QED) is 0.408. The molecule has 0 unspecified atom stereocenters. The fourth-order valence-electron chi connectivity index (χ4n) is 3.06. The molecule has 4 aromatic rings. The number of hydrogen-bond acceptors (Lipinski definition) is 6. The molecule has 4 rings (SSSR count). The van der Waals surface area contributed by atoms with Gasteiger partial charge in [0.15, 0.2) is 16.1 Å². The van der Waals surface area contributed by atoms with Gasteiger partial charge in [-0.3, -0.25) is 4.79 Å². The number of hydrogen-bond donors (Lipinski definition) is 1. The van der Waals surface area contributed by atoms with Crippen LogP contribution in [0.2, 0.25) is 0 Å². The number of anilines is 1. The van der Waals surface area contributed by atoms with Gasteiger partial charge in [0.05, 0.1) is 11.4 Å². The summed E-state index contributed by atoms with van der Waals surface area (Å²) < 4.78 is 2.04. The Balaban J connectivity index is 1.41. The first-order chi connectivity index (χ1) is 14.7. The first kappa shape index (κ1) is 20.3. The smallest absolute Gasteiger partial charge is 0.236 e. The van der Waals surface area contributed by atoms with Gasteiger partial charge in [0.1, 0.15) is 0 Å². The highest BCUT2D eigenvalue weighted by Gasteiger charge is 2.16. The number of carbonyl (C=O) groups excluding carboxylic acids is 1. The highest BCUT2D eigenvalue weighted by atomic mass is 32.2. The van der Waals surface area contributed by atoms with Crippen molar-refractivity contribution in [2.45, 2.75) is 25.5 Å². The lowest BCUT2D eigenvalue weighted by Gasteiger charge is -2.09. The SMILES string of the molecule is CCn1c(SCC(=O)Nc2nc(-c3ccccc3)cs2)nnc1-c1ccccc1C. The van der Waals surface area contributed by atoms with Gasteiger partial charge in [-0.1, -0.05) is 66.4 Å². The molecule has 0 aliphatic heterocycles. The average Bonchev–Trinajstić information content (AvgIpc) is 3.40. The van der Waals surface area contributed by atoms with E-state index in [2.05, 4.69) is 40.4 Å². The third kappa shape index (κ3) is 4.44. The summed E-state index contributed by atoms with van der Waals surface area (Å²) in [5.74, 6) is 0.953. The Hall–Kier alpha value is -2.97. The highest BCUT2D eigenvalue weighted by Crippen LogP contribution is 2.27. The zero-order valence-electron chi connectivity index (χ0n) is 16.7. The zero-order valence-corrected chi connectivity index (χ0v) is 18.3. The summed E-state index contributed by atoms with van der Waals surface area (Å²) in [4.78, 5) is 16.9. The Kier molecular flexibility index (Phi) is 6.25. The number of amides is 1. The largest absolute Gasteiger partial charge is 0.302 e. The molecule has 1 amide bonds. The van der Waals surface area contributed by atoms with E-state index in [9.17, 15) is 4.79 Å². The predicted molar refractivity (Wildman–Crippen MR) is 123 cm³/mol. The number of carbonyl (C=O) groups is 1. The lowest BCUT2D eigenvalue weighted by Crippen LogP contribution is -2.14. The maximum atomic E-state index is 12.4. The molecule has 152 valence electrons. The van der Waals surface area contributed by atoms with Gasteiger partial charge in [0.2, 0.25) is 5.91 Å². The number of rotatable bonds is 7. The molecule has 0 radical (unpaired) electrons. The Morgan fingerprint density at radius 2 is 1.87 bits per heavy atom. The number of nitrogens with zero attached hydrogens (tertiary/aromatic N) is 4. The second-order valence-electron chi connectivity index (χ2n) is 6.61. The van der Waals surface area contributed by atoms with E-state index in [0.717, 1.165) is 39.9 Å². The first-order valence-corrected chi connectivity index (χ1v) is 11.4. The molecule has 0 fully saturated rings. The third-order valence-electron chi connectivity index (χ3n) is 4.57. The molecule has 1 N–H and O–H groups in total. The van der Waals surface area contributed by atoms with E-state index < -0.39 is 0 Å². The van der Waals surface area contributed by atoms with E-state index in [4.69, 9.17) is 0 Å². The molecule has 0 atom stereocenters. The molecule has 6 nitrogen and oxygen atoms in total. The molecule has 8 heteroatoms. The minimum absolute atomic E-state index is 0.114. The second kappa shape index (κ2) is 9.23. The molecule has 0 saturated heterocycles. The normalized spacial score (nSPS) is 10.9. The van der Waals surface area contributed by atoms with Crippen LogP contribution in [0.3, 0.4) is 0 Å². The lowest BCUT2D eigenvalue weighted by molar-refractivity contribution is -0.113. The highest BCUT2D eigenvalue weighted by molar-refractivity contribution is 7.99. The summed E-state index contributed by atoms with van der Waals surface area (Å²) in [6.45, 7) is 4.84. The van der Waals surface area contributed by atoms with Gasteiger partial charge in [0, 0.05) is 23.1 Å². The van der Waals surface area contributed by atoms with E-state index >= 15 is 0 Å². The van der Waals surface area contributed by atoms with Gasteiger partial charge in [0.25, 0.3) is 0 Å². The molecular formula is C22H21N5OS2. The number of nitrogens with one attached hydrogen (secondary N) is 1. The van der Waals surface area contributed by atoms with Crippen molar-refractivity contribution in [2.24, 2.45) is 0 Å². The summed E-state index contributed by atoms with van der Waals surface area (Å²) in [6, 6.07) is 18.0. The van der Waals surface area contributed by atoms with Crippen LogP contribution in [0.5, 0.6) is 0 Å². The van der Waals surface area contributed by atoms with Gasteiger partial charge >= 0.3 is 0 Å². The summed E-state index contributed by atoms with van der Waals surface area (Å²) in [5, 5.41) is 14.8. The van der Waals surface area contributed by atoms with E-state index in [1.165, 1.54) is 23.1 Å². The predicted octanol–water partition coefficient (Wildman–Crippen LogP) is 5.13. The summed E-state index contributed by atoms with van der Waals surface area (Å²) >= 11 is 2.80. The third-order valence-corrected chi connectivity index (χ3v) is 6.30. The fourth-order valence-corrected chi connectivity index (χ4v) is 4.60. The number of aryl methyl sites for hydroxylation is 1. The van der Waals surface area contributed by atoms with Crippen LogP contribution < -0.4 is 5.32 Å². The zero-order chi connectivity index (χ0) is 20.9. The van der Waals surface area contributed by atoms with Gasteiger partial charge in [-0.2, -0.15) is 0 Å². The Morgan fingerprint density at radius 3 is 2.63 bits per heavy atom. The molecule has 2 aromatic carbocycles.